The minimum absolute atomic E-state index is 0.547. The van der Waals surface area contributed by atoms with Crippen molar-refractivity contribution >= 4 is 22.9 Å². The fraction of sp³-hybridized carbons (Fsp3) is 0.529. The van der Waals surface area contributed by atoms with Crippen molar-refractivity contribution in [3.8, 4) is 0 Å². The van der Waals surface area contributed by atoms with Gasteiger partial charge in [0, 0.05) is 18.5 Å². The van der Waals surface area contributed by atoms with Crippen molar-refractivity contribution in [3.63, 3.8) is 0 Å². The molecule has 0 radical (unpaired) electrons. The van der Waals surface area contributed by atoms with Crippen molar-refractivity contribution in [1.29, 1.82) is 0 Å². The van der Waals surface area contributed by atoms with E-state index in [4.69, 9.17) is 10.7 Å². The number of nitrogens with one attached hydrogen (secondary N) is 1. The maximum Gasteiger partial charge on any atom is 0.152 e. The molecule has 0 amide bonds. The second kappa shape index (κ2) is 5.99. The SMILES string of the molecule is CCCCc1nc2c(N)nc3c(c2n1CC(C)C)C=CNC3. The van der Waals surface area contributed by atoms with Crippen LogP contribution in [0.1, 0.15) is 50.7 Å². The summed E-state index contributed by atoms with van der Waals surface area (Å²) in [6.07, 6.45) is 7.39. The van der Waals surface area contributed by atoms with Crippen LogP contribution in [0.4, 0.5) is 5.82 Å². The maximum absolute atomic E-state index is 6.18. The number of imidazole rings is 1. The highest BCUT2D eigenvalue weighted by Crippen LogP contribution is 2.30. The van der Waals surface area contributed by atoms with Crippen LogP contribution >= 0.6 is 0 Å². The molecule has 0 bridgehead atoms. The van der Waals surface area contributed by atoms with Crippen molar-refractivity contribution in [1.82, 2.24) is 19.9 Å². The number of aryl methyl sites for hydroxylation is 1. The zero-order chi connectivity index (χ0) is 15.7. The summed E-state index contributed by atoms with van der Waals surface area (Å²) in [5, 5.41) is 3.21. The number of nitrogens with zero attached hydrogens (tertiary/aromatic N) is 3. The predicted octanol–water partition coefficient (Wildman–Crippen LogP) is 3.09. The van der Waals surface area contributed by atoms with Gasteiger partial charge in [0.15, 0.2) is 5.82 Å². The smallest absolute Gasteiger partial charge is 0.152 e. The molecule has 1 aliphatic rings. The standard InChI is InChI=1S/C17H25N5/c1-4-5-6-14-21-15-16(22(14)10-11(2)3)12-7-8-19-9-13(12)20-17(15)18/h7-8,11,19H,4-6,9-10H2,1-3H3,(H2,18,20). The molecule has 0 aliphatic carbocycles. The number of rotatable bonds is 5. The van der Waals surface area contributed by atoms with Gasteiger partial charge in [-0.3, -0.25) is 0 Å². The van der Waals surface area contributed by atoms with Crippen LogP contribution in [0.2, 0.25) is 0 Å². The Morgan fingerprint density at radius 3 is 2.91 bits per heavy atom. The molecule has 0 aromatic carbocycles. The molecule has 3 N–H and O–H groups in total. The van der Waals surface area contributed by atoms with Crippen molar-refractivity contribution in [2.75, 3.05) is 5.73 Å². The molecule has 5 nitrogen and oxygen atoms in total. The Morgan fingerprint density at radius 1 is 1.36 bits per heavy atom. The van der Waals surface area contributed by atoms with Gasteiger partial charge in [0.2, 0.25) is 0 Å². The second-order valence-electron chi connectivity index (χ2n) is 6.40. The van der Waals surface area contributed by atoms with E-state index in [1.165, 1.54) is 12.0 Å². The van der Waals surface area contributed by atoms with Crippen LogP contribution in [0, 0.1) is 5.92 Å². The third-order valence-electron chi connectivity index (χ3n) is 4.05. The fourth-order valence-corrected chi connectivity index (χ4v) is 3.04. The molecule has 0 saturated carbocycles. The quantitative estimate of drug-likeness (QED) is 0.890. The van der Waals surface area contributed by atoms with Gasteiger partial charge in [0.05, 0.1) is 17.8 Å². The number of unbranched alkanes of at least 4 members (excludes halogenated alkanes) is 1. The number of nitrogen functional groups attached to an aromatic ring is 1. The molecule has 0 saturated heterocycles. The summed E-state index contributed by atoms with van der Waals surface area (Å²) < 4.78 is 2.36. The molecule has 1 aliphatic heterocycles. The lowest BCUT2D eigenvalue weighted by atomic mass is 10.1. The van der Waals surface area contributed by atoms with E-state index < -0.39 is 0 Å². The second-order valence-corrected chi connectivity index (χ2v) is 6.40. The van der Waals surface area contributed by atoms with Gasteiger partial charge in [-0.2, -0.15) is 0 Å². The maximum atomic E-state index is 6.18. The van der Waals surface area contributed by atoms with E-state index in [-0.39, 0.29) is 0 Å². The molecule has 3 heterocycles. The first-order chi connectivity index (χ1) is 10.6. The van der Waals surface area contributed by atoms with Crippen molar-refractivity contribution in [2.24, 2.45) is 5.92 Å². The van der Waals surface area contributed by atoms with Crippen LogP contribution in [-0.2, 0) is 19.5 Å². The zero-order valence-corrected chi connectivity index (χ0v) is 13.7. The van der Waals surface area contributed by atoms with Crippen LogP contribution in [-0.4, -0.2) is 14.5 Å². The molecule has 0 atom stereocenters. The summed E-state index contributed by atoms with van der Waals surface area (Å²) in [6, 6.07) is 0. The van der Waals surface area contributed by atoms with Crippen LogP contribution in [0.15, 0.2) is 6.20 Å². The Balaban J connectivity index is 2.24. The highest BCUT2D eigenvalue weighted by molar-refractivity contribution is 5.93. The molecule has 2 aromatic heterocycles. The van der Waals surface area contributed by atoms with Gasteiger partial charge in [0.25, 0.3) is 0 Å². The monoisotopic (exact) mass is 299 g/mol. The average Bonchev–Trinajstić information content (AvgIpc) is 2.84. The Hall–Kier alpha value is -2.04. The number of nitrogens with two attached hydrogens (primary N) is 1. The summed E-state index contributed by atoms with van der Waals surface area (Å²) in [4.78, 5) is 9.38. The van der Waals surface area contributed by atoms with Crippen LogP contribution in [0.5, 0.6) is 0 Å². The highest BCUT2D eigenvalue weighted by Gasteiger charge is 2.21. The van der Waals surface area contributed by atoms with Crippen molar-refractivity contribution in [2.45, 2.75) is 53.1 Å². The normalized spacial score (nSPS) is 13.6. The largest absolute Gasteiger partial charge is 0.385 e. The average molecular weight is 299 g/mol. The number of pyridine rings is 1. The Morgan fingerprint density at radius 2 is 2.18 bits per heavy atom. The van der Waals surface area contributed by atoms with Gasteiger partial charge in [-0.05, 0) is 24.6 Å². The van der Waals surface area contributed by atoms with Crippen LogP contribution in [0.25, 0.3) is 17.1 Å². The Bertz CT molecular complexity index is 712. The van der Waals surface area contributed by atoms with E-state index in [2.05, 4.69) is 41.7 Å². The lowest BCUT2D eigenvalue weighted by Crippen LogP contribution is -2.15. The van der Waals surface area contributed by atoms with E-state index in [9.17, 15) is 0 Å². The van der Waals surface area contributed by atoms with Gasteiger partial charge in [-0.25, -0.2) is 9.97 Å². The number of anilines is 1. The number of aromatic nitrogens is 3. The topological polar surface area (TPSA) is 68.8 Å². The first-order valence-electron chi connectivity index (χ1n) is 8.19. The molecule has 0 spiro atoms. The third-order valence-corrected chi connectivity index (χ3v) is 4.05. The Labute approximate surface area is 131 Å². The molecular weight excluding hydrogens is 274 g/mol. The Kier molecular flexibility index (Phi) is 4.05. The van der Waals surface area contributed by atoms with E-state index in [0.29, 0.717) is 11.7 Å². The van der Waals surface area contributed by atoms with E-state index in [1.54, 1.807) is 0 Å². The molecule has 0 fully saturated rings. The van der Waals surface area contributed by atoms with E-state index in [0.717, 1.165) is 48.5 Å². The van der Waals surface area contributed by atoms with Gasteiger partial charge in [-0.1, -0.05) is 27.2 Å². The number of hydrogen-bond donors (Lipinski definition) is 2. The van der Waals surface area contributed by atoms with E-state index in [1.807, 2.05) is 6.20 Å². The summed E-state index contributed by atoms with van der Waals surface area (Å²) >= 11 is 0. The molecule has 5 heteroatoms. The summed E-state index contributed by atoms with van der Waals surface area (Å²) in [6.45, 7) is 8.38. The lowest BCUT2D eigenvalue weighted by Gasteiger charge is -2.17. The molecule has 118 valence electrons. The molecular formula is C17H25N5. The highest BCUT2D eigenvalue weighted by atomic mass is 15.1. The zero-order valence-electron chi connectivity index (χ0n) is 13.7. The summed E-state index contributed by atoms with van der Waals surface area (Å²) in [5.41, 5.74) is 10.4. The first kappa shape index (κ1) is 14.9. The summed E-state index contributed by atoms with van der Waals surface area (Å²) in [5.74, 6) is 2.25. The van der Waals surface area contributed by atoms with Gasteiger partial charge >= 0.3 is 0 Å². The first-order valence-corrected chi connectivity index (χ1v) is 8.19. The minimum atomic E-state index is 0.547. The third kappa shape index (κ3) is 2.56. The molecule has 0 unspecified atom stereocenters. The molecule has 2 aromatic rings. The van der Waals surface area contributed by atoms with Gasteiger partial charge in [0.1, 0.15) is 11.3 Å². The number of fused-ring (bicyclic) bond motifs is 3. The van der Waals surface area contributed by atoms with Crippen LogP contribution < -0.4 is 11.1 Å². The van der Waals surface area contributed by atoms with Crippen molar-refractivity contribution in [3.05, 3.63) is 23.3 Å². The van der Waals surface area contributed by atoms with Crippen LogP contribution in [0.3, 0.4) is 0 Å². The summed E-state index contributed by atoms with van der Waals surface area (Å²) in [7, 11) is 0. The minimum Gasteiger partial charge on any atom is -0.385 e. The van der Waals surface area contributed by atoms with Crippen molar-refractivity contribution < 1.29 is 0 Å². The van der Waals surface area contributed by atoms with E-state index >= 15 is 0 Å². The number of hydrogen-bond acceptors (Lipinski definition) is 4. The van der Waals surface area contributed by atoms with Gasteiger partial charge < -0.3 is 15.6 Å². The fourth-order valence-electron chi connectivity index (χ4n) is 3.04. The molecule has 22 heavy (non-hydrogen) atoms. The predicted molar refractivity (Wildman–Crippen MR) is 91.3 cm³/mol. The lowest BCUT2D eigenvalue weighted by molar-refractivity contribution is 0.513. The molecule has 3 rings (SSSR count). The van der Waals surface area contributed by atoms with Gasteiger partial charge in [-0.15, -0.1) is 0 Å².